The molecule has 0 spiro atoms. The summed E-state index contributed by atoms with van der Waals surface area (Å²) < 4.78 is 2.45. The fraction of sp³-hybridized carbons (Fsp3) is 0.636. The van der Waals surface area contributed by atoms with Gasteiger partial charge < -0.3 is 5.73 Å². The molecule has 1 aromatic rings. The fourth-order valence-corrected chi connectivity index (χ4v) is 2.77. The van der Waals surface area contributed by atoms with Crippen molar-refractivity contribution in [2.45, 2.75) is 44.7 Å². The Morgan fingerprint density at radius 1 is 1.62 bits per heavy atom. The van der Waals surface area contributed by atoms with Crippen LogP contribution in [0.5, 0.6) is 0 Å². The summed E-state index contributed by atoms with van der Waals surface area (Å²) in [5.41, 5.74) is 6.12. The van der Waals surface area contributed by atoms with Crippen molar-refractivity contribution in [3.8, 4) is 0 Å². The van der Waals surface area contributed by atoms with Gasteiger partial charge in [-0.2, -0.15) is 5.10 Å². The zero-order chi connectivity index (χ0) is 11.8. The lowest BCUT2D eigenvalue weighted by atomic mass is 9.91. The highest BCUT2D eigenvalue weighted by atomic mass is 79.9. The van der Waals surface area contributed by atoms with Gasteiger partial charge in [-0.05, 0) is 35.7 Å². The van der Waals surface area contributed by atoms with Gasteiger partial charge in [-0.25, -0.2) is 0 Å². The first-order chi connectivity index (χ1) is 7.58. The second-order valence-corrected chi connectivity index (χ2v) is 5.20. The van der Waals surface area contributed by atoms with Crippen LogP contribution in [-0.4, -0.2) is 21.1 Å². The third-order valence-corrected chi connectivity index (χ3v) is 3.84. The molecule has 1 aromatic heterocycles. The van der Waals surface area contributed by atoms with Crippen molar-refractivity contribution < 1.29 is 4.79 Å². The summed E-state index contributed by atoms with van der Waals surface area (Å²) in [5.74, 6) is 0.0243. The number of aromatic nitrogens is 2. The van der Waals surface area contributed by atoms with E-state index < -0.39 is 5.54 Å². The summed E-state index contributed by atoms with van der Waals surface area (Å²) in [6.07, 6.45) is 5.32. The minimum absolute atomic E-state index is 0.0243. The van der Waals surface area contributed by atoms with Gasteiger partial charge in [-0.3, -0.25) is 9.48 Å². The number of carbonyl (C=O) groups excluding carboxylic acids is 1. The summed E-state index contributed by atoms with van der Waals surface area (Å²) in [7, 11) is 0. The Labute approximate surface area is 103 Å². The van der Waals surface area contributed by atoms with Gasteiger partial charge in [-0.1, -0.05) is 12.8 Å². The first-order valence-electron chi connectivity index (χ1n) is 5.63. The summed E-state index contributed by atoms with van der Waals surface area (Å²) in [4.78, 5) is 12.4. The van der Waals surface area contributed by atoms with Crippen LogP contribution in [0.25, 0.3) is 0 Å². The maximum absolute atomic E-state index is 12.4. The zero-order valence-electron chi connectivity index (χ0n) is 9.37. The van der Waals surface area contributed by atoms with E-state index in [1.54, 1.807) is 10.9 Å². The van der Waals surface area contributed by atoms with E-state index in [0.717, 1.165) is 30.2 Å². The first kappa shape index (κ1) is 11.8. The lowest BCUT2D eigenvalue weighted by Crippen LogP contribution is -2.46. The molecule has 1 aliphatic carbocycles. The smallest absolute Gasteiger partial charge is 0.201 e. The second-order valence-electron chi connectivity index (χ2n) is 4.35. The highest BCUT2D eigenvalue weighted by Crippen LogP contribution is 2.32. The van der Waals surface area contributed by atoms with E-state index in [4.69, 9.17) is 5.73 Å². The average Bonchev–Trinajstić information content (AvgIpc) is 2.85. The number of Topliss-reactive ketones (excluding diaryl/α,β-unsaturated/α-hetero) is 1. The molecule has 0 saturated heterocycles. The fourth-order valence-electron chi connectivity index (χ4n) is 2.30. The first-order valence-corrected chi connectivity index (χ1v) is 6.43. The third-order valence-electron chi connectivity index (χ3n) is 3.26. The summed E-state index contributed by atoms with van der Waals surface area (Å²) in [6, 6.07) is 0. The van der Waals surface area contributed by atoms with E-state index in [-0.39, 0.29) is 5.78 Å². The Morgan fingerprint density at radius 3 is 2.81 bits per heavy atom. The predicted molar refractivity (Wildman–Crippen MR) is 65.3 cm³/mol. The second kappa shape index (κ2) is 4.30. The highest BCUT2D eigenvalue weighted by Gasteiger charge is 2.39. The van der Waals surface area contributed by atoms with E-state index in [0.29, 0.717) is 12.2 Å². The standard InChI is InChI=1S/C11H16BrN3O/c1-2-15-9(8(12)7-14-15)10(16)11(13)5-3-4-6-11/h7H,2-6,13H2,1H3. The van der Waals surface area contributed by atoms with Gasteiger partial charge in [0.2, 0.25) is 5.78 Å². The molecule has 0 aromatic carbocycles. The lowest BCUT2D eigenvalue weighted by molar-refractivity contribution is 0.0880. The topological polar surface area (TPSA) is 60.9 Å². The zero-order valence-corrected chi connectivity index (χ0v) is 11.0. The molecule has 1 saturated carbocycles. The van der Waals surface area contributed by atoms with Crippen molar-refractivity contribution >= 4 is 21.7 Å². The Bertz CT molecular complexity index is 407. The number of ketones is 1. The van der Waals surface area contributed by atoms with Crippen LogP contribution in [0.15, 0.2) is 10.7 Å². The Morgan fingerprint density at radius 2 is 2.25 bits per heavy atom. The summed E-state index contributed by atoms with van der Waals surface area (Å²) >= 11 is 3.37. The average molecular weight is 286 g/mol. The molecule has 1 fully saturated rings. The molecule has 0 amide bonds. The largest absolute Gasteiger partial charge is 0.319 e. The van der Waals surface area contributed by atoms with Gasteiger partial charge >= 0.3 is 0 Å². The van der Waals surface area contributed by atoms with E-state index >= 15 is 0 Å². The van der Waals surface area contributed by atoms with Crippen LogP contribution >= 0.6 is 15.9 Å². The predicted octanol–water partition coefficient (Wildman–Crippen LogP) is 2.12. The van der Waals surface area contributed by atoms with Crippen molar-refractivity contribution in [2.75, 3.05) is 0 Å². The van der Waals surface area contributed by atoms with Gasteiger partial charge in [0.25, 0.3) is 0 Å². The van der Waals surface area contributed by atoms with Crippen molar-refractivity contribution in [3.05, 3.63) is 16.4 Å². The number of aryl methyl sites for hydroxylation is 1. The molecule has 1 aliphatic rings. The number of rotatable bonds is 3. The number of nitrogens with zero attached hydrogens (tertiary/aromatic N) is 2. The molecular weight excluding hydrogens is 270 g/mol. The molecule has 0 radical (unpaired) electrons. The molecule has 0 unspecified atom stereocenters. The molecule has 2 N–H and O–H groups in total. The van der Waals surface area contributed by atoms with E-state index in [1.807, 2.05) is 6.92 Å². The quantitative estimate of drug-likeness (QED) is 0.866. The minimum atomic E-state index is -0.671. The van der Waals surface area contributed by atoms with Crippen LogP contribution in [0.1, 0.15) is 43.1 Å². The van der Waals surface area contributed by atoms with Gasteiger partial charge in [0.1, 0.15) is 5.69 Å². The van der Waals surface area contributed by atoms with Crippen LogP contribution in [-0.2, 0) is 6.54 Å². The molecule has 16 heavy (non-hydrogen) atoms. The van der Waals surface area contributed by atoms with Gasteiger partial charge in [0.15, 0.2) is 0 Å². The van der Waals surface area contributed by atoms with Gasteiger partial charge in [0, 0.05) is 6.54 Å². The van der Waals surface area contributed by atoms with Crippen molar-refractivity contribution in [1.29, 1.82) is 0 Å². The van der Waals surface area contributed by atoms with Crippen LogP contribution < -0.4 is 5.73 Å². The van der Waals surface area contributed by atoms with Crippen LogP contribution in [0.3, 0.4) is 0 Å². The number of hydrogen-bond acceptors (Lipinski definition) is 3. The number of hydrogen-bond donors (Lipinski definition) is 1. The SMILES string of the molecule is CCn1ncc(Br)c1C(=O)C1(N)CCCC1. The normalized spacial score (nSPS) is 18.9. The monoisotopic (exact) mass is 285 g/mol. The maximum Gasteiger partial charge on any atom is 0.201 e. The molecule has 5 heteroatoms. The molecule has 0 bridgehead atoms. The van der Waals surface area contributed by atoms with Crippen LogP contribution in [0.4, 0.5) is 0 Å². The maximum atomic E-state index is 12.4. The number of halogens is 1. The lowest BCUT2D eigenvalue weighted by Gasteiger charge is -2.22. The van der Waals surface area contributed by atoms with Crippen LogP contribution in [0, 0.1) is 0 Å². The molecule has 2 rings (SSSR count). The molecule has 4 nitrogen and oxygen atoms in total. The summed E-state index contributed by atoms with van der Waals surface area (Å²) in [6.45, 7) is 2.65. The molecule has 1 heterocycles. The van der Waals surface area contributed by atoms with E-state index in [9.17, 15) is 4.79 Å². The molecular formula is C11H16BrN3O. The van der Waals surface area contributed by atoms with Crippen molar-refractivity contribution in [3.63, 3.8) is 0 Å². The third kappa shape index (κ3) is 1.82. The summed E-state index contributed by atoms with van der Waals surface area (Å²) in [5, 5.41) is 4.15. The molecule has 88 valence electrons. The van der Waals surface area contributed by atoms with Crippen molar-refractivity contribution in [2.24, 2.45) is 5.73 Å². The highest BCUT2D eigenvalue weighted by molar-refractivity contribution is 9.10. The van der Waals surface area contributed by atoms with Crippen LogP contribution in [0.2, 0.25) is 0 Å². The number of nitrogens with two attached hydrogens (primary N) is 1. The van der Waals surface area contributed by atoms with Gasteiger partial charge in [-0.15, -0.1) is 0 Å². The molecule has 0 atom stereocenters. The minimum Gasteiger partial charge on any atom is -0.319 e. The van der Waals surface area contributed by atoms with Crippen molar-refractivity contribution in [1.82, 2.24) is 9.78 Å². The van der Waals surface area contributed by atoms with E-state index in [2.05, 4.69) is 21.0 Å². The Balaban J connectivity index is 2.36. The van der Waals surface area contributed by atoms with E-state index in [1.165, 1.54) is 0 Å². The Hall–Kier alpha value is -0.680. The Kier molecular flexibility index (Phi) is 3.17. The van der Waals surface area contributed by atoms with Gasteiger partial charge in [0.05, 0.1) is 16.2 Å². The molecule has 0 aliphatic heterocycles. The number of carbonyl (C=O) groups is 1.